The molecule has 2 heterocycles. The summed E-state index contributed by atoms with van der Waals surface area (Å²) in [7, 11) is 0. The molecule has 2 unspecified atom stereocenters. The molecular weight excluding hydrogens is 260 g/mol. The number of rotatable bonds is 3. The van der Waals surface area contributed by atoms with Crippen molar-refractivity contribution in [3.05, 3.63) is 23.4 Å². The minimum absolute atomic E-state index is 0.0257. The van der Waals surface area contributed by atoms with Gasteiger partial charge in [-0.05, 0) is 26.0 Å². The van der Waals surface area contributed by atoms with Crippen LogP contribution in [0.2, 0.25) is 0 Å². The van der Waals surface area contributed by atoms with E-state index in [0.717, 1.165) is 11.5 Å². The summed E-state index contributed by atoms with van der Waals surface area (Å²) in [5.74, 6) is 0.789. The molecule has 0 bridgehead atoms. The summed E-state index contributed by atoms with van der Waals surface area (Å²) in [6.45, 7) is 4.94. The van der Waals surface area contributed by atoms with E-state index in [1.54, 1.807) is 12.1 Å². The van der Waals surface area contributed by atoms with Crippen molar-refractivity contribution < 1.29 is 15.1 Å². The number of morpholine rings is 1. The van der Waals surface area contributed by atoms with Gasteiger partial charge in [-0.15, -0.1) is 0 Å². The Bertz CT molecular complexity index is 506. The van der Waals surface area contributed by atoms with Gasteiger partial charge in [-0.25, -0.2) is 4.98 Å². The highest BCUT2D eigenvalue weighted by atomic mass is 16.5. The molecule has 0 aromatic carbocycles. The van der Waals surface area contributed by atoms with Crippen LogP contribution >= 0.6 is 0 Å². The van der Waals surface area contributed by atoms with Crippen LogP contribution < -0.4 is 10.6 Å². The smallest absolute Gasteiger partial charge is 0.170 e. The zero-order valence-corrected chi connectivity index (χ0v) is 11.7. The lowest BCUT2D eigenvalue weighted by atomic mass is 10.1. The van der Waals surface area contributed by atoms with E-state index in [9.17, 15) is 5.11 Å². The van der Waals surface area contributed by atoms with E-state index in [1.165, 1.54) is 0 Å². The van der Waals surface area contributed by atoms with E-state index in [0.29, 0.717) is 18.7 Å². The fourth-order valence-electron chi connectivity index (χ4n) is 2.25. The van der Waals surface area contributed by atoms with Gasteiger partial charge in [0.2, 0.25) is 0 Å². The van der Waals surface area contributed by atoms with Gasteiger partial charge in [-0.1, -0.05) is 5.16 Å². The number of nitrogens with zero attached hydrogens (tertiary/aromatic N) is 3. The minimum atomic E-state index is -0.221. The van der Waals surface area contributed by atoms with Crippen LogP contribution in [0.4, 0.5) is 5.82 Å². The minimum Gasteiger partial charge on any atom is -0.409 e. The maximum absolute atomic E-state index is 9.23. The zero-order valence-electron chi connectivity index (χ0n) is 11.7. The van der Waals surface area contributed by atoms with Gasteiger partial charge in [0.15, 0.2) is 5.84 Å². The number of aryl methyl sites for hydroxylation is 1. The summed E-state index contributed by atoms with van der Waals surface area (Å²) < 4.78 is 5.51. The highest BCUT2D eigenvalue weighted by Crippen LogP contribution is 2.21. The first-order valence-corrected chi connectivity index (χ1v) is 6.50. The molecule has 0 radical (unpaired) electrons. The average Bonchev–Trinajstić information content (AvgIpc) is 2.46. The molecular formula is C13H20N4O3. The van der Waals surface area contributed by atoms with Gasteiger partial charge in [0, 0.05) is 17.8 Å². The summed E-state index contributed by atoms with van der Waals surface area (Å²) >= 11 is 0. The van der Waals surface area contributed by atoms with Crippen molar-refractivity contribution in [2.75, 3.05) is 24.7 Å². The molecule has 0 saturated carbocycles. The lowest BCUT2D eigenvalue weighted by Crippen LogP contribution is -2.50. The summed E-state index contributed by atoms with van der Waals surface area (Å²) in [6, 6.07) is 3.68. The molecule has 1 aromatic heterocycles. The van der Waals surface area contributed by atoms with Gasteiger partial charge < -0.3 is 25.7 Å². The highest BCUT2D eigenvalue weighted by Gasteiger charge is 2.27. The van der Waals surface area contributed by atoms with Crippen molar-refractivity contribution in [2.24, 2.45) is 10.9 Å². The number of aliphatic hydroxyl groups is 1. The van der Waals surface area contributed by atoms with Crippen LogP contribution in [0.25, 0.3) is 0 Å². The standard InChI is InChI=1S/C13H20N4O3/c1-8-3-10(13(14)16-19)4-12(15-8)17-5-11(6-18)20-7-9(17)2/h3-4,9,11,18-19H,5-7H2,1-2H3,(H2,14,16). The Morgan fingerprint density at radius 2 is 2.35 bits per heavy atom. The van der Waals surface area contributed by atoms with Crippen LogP contribution in [0.5, 0.6) is 0 Å². The van der Waals surface area contributed by atoms with Crippen molar-refractivity contribution in [1.29, 1.82) is 0 Å². The molecule has 1 aliphatic heterocycles. The molecule has 0 amide bonds. The second kappa shape index (κ2) is 6.06. The third-order valence-corrected chi connectivity index (χ3v) is 3.35. The molecule has 1 saturated heterocycles. The maximum Gasteiger partial charge on any atom is 0.170 e. The SMILES string of the molecule is Cc1cc(/C(N)=N/O)cc(N2CC(CO)OCC2C)n1. The lowest BCUT2D eigenvalue weighted by molar-refractivity contribution is -0.0105. The molecule has 1 aliphatic rings. The Labute approximate surface area is 117 Å². The van der Waals surface area contributed by atoms with Gasteiger partial charge >= 0.3 is 0 Å². The van der Waals surface area contributed by atoms with Crippen molar-refractivity contribution in [2.45, 2.75) is 26.0 Å². The number of hydrogen-bond donors (Lipinski definition) is 3. The maximum atomic E-state index is 9.23. The number of anilines is 1. The lowest BCUT2D eigenvalue weighted by Gasteiger charge is -2.38. The Morgan fingerprint density at radius 3 is 3.00 bits per heavy atom. The molecule has 2 rings (SSSR count). The van der Waals surface area contributed by atoms with Crippen molar-refractivity contribution in [1.82, 2.24) is 4.98 Å². The summed E-state index contributed by atoms with van der Waals surface area (Å²) in [5, 5.41) is 21.0. The third-order valence-electron chi connectivity index (χ3n) is 3.35. The second-order valence-electron chi connectivity index (χ2n) is 4.98. The van der Waals surface area contributed by atoms with E-state index < -0.39 is 0 Å². The molecule has 4 N–H and O–H groups in total. The number of aliphatic hydroxyl groups excluding tert-OH is 1. The molecule has 1 aromatic rings. The molecule has 20 heavy (non-hydrogen) atoms. The van der Waals surface area contributed by atoms with Gasteiger partial charge in [-0.3, -0.25) is 0 Å². The Balaban J connectivity index is 2.33. The molecule has 110 valence electrons. The van der Waals surface area contributed by atoms with Gasteiger partial charge in [0.05, 0.1) is 25.4 Å². The first-order chi connectivity index (χ1) is 9.55. The van der Waals surface area contributed by atoms with E-state index in [-0.39, 0.29) is 24.6 Å². The molecule has 2 atom stereocenters. The van der Waals surface area contributed by atoms with E-state index in [1.807, 2.05) is 13.8 Å². The average molecular weight is 280 g/mol. The summed E-state index contributed by atoms with van der Waals surface area (Å²) in [4.78, 5) is 6.55. The predicted octanol–water partition coefficient (Wildman–Crippen LogP) is 0.0705. The van der Waals surface area contributed by atoms with Crippen LogP contribution in [0.15, 0.2) is 17.3 Å². The molecule has 7 heteroatoms. The third kappa shape index (κ3) is 3.00. The number of aromatic nitrogens is 1. The Hall–Kier alpha value is -1.86. The predicted molar refractivity (Wildman–Crippen MR) is 75.1 cm³/mol. The zero-order chi connectivity index (χ0) is 14.7. The number of amidine groups is 1. The number of ether oxygens (including phenoxy) is 1. The van der Waals surface area contributed by atoms with Crippen molar-refractivity contribution in [3.8, 4) is 0 Å². The summed E-state index contributed by atoms with van der Waals surface area (Å²) in [5.41, 5.74) is 7.04. The first-order valence-electron chi connectivity index (χ1n) is 6.50. The normalized spacial score (nSPS) is 23.9. The van der Waals surface area contributed by atoms with E-state index in [2.05, 4.69) is 15.0 Å². The fourth-order valence-corrected chi connectivity index (χ4v) is 2.25. The molecule has 7 nitrogen and oxygen atoms in total. The quantitative estimate of drug-likeness (QED) is 0.313. The second-order valence-corrected chi connectivity index (χ2v) is 4.98. The van der Waals surface area contributed by atoms with Crippen molar-refractivity contribution >= 4 is 11.7 Å². The van der Waals surface area contributed by atoms with Gasteiger partial charge in [0.25, 0.3) is 0 Å². The van der Waals surface area contributed by atoms with Crippen molar-refractivity contribution in [3.63, 3.8) is 0 Å². The highest BCUT2D eigenvalue weighted by molar-refractivity contribution is 5.97. The molecule has 1 fully saturated rings. The fraction of sp³-hybridized carbons (Fsp3) is 0.538. The molecule has 0 aliphatic carbocycles. The van der Waals surface area contributed by atoms with Crippen LogP contribution in [0, 0.1) is 6.92 Å². The molecule has 0 spiro atoms. The van der Waals surface area contributed by atoms with Crippen LogP contribution in [0.1, 0.15) is 18.2 Å². The Morgan fingerprint density at radius 1 is 1.60 bits per heavy atom. The largest absolute Gasteiger partial charge is 0.409 e. The number of nitrogens with two attached hydrogens (primary N) is 1. The van der Waals surface area contributed by atoms with Gasteiger partial charge in [0.1, 0.15) is 5.82 Å². The van der Waals surface area contributed by atoms with E-state index >= 15 is 0 Å². The number of hydrogen-bond acceptors (Lipinski definition) is 6. The summed E-state index contributed by atoms with van der Waals surface area (Å²) in [6.07, 6.45) is -0.221. The van der Waals surface area contributed by atoms with Crippen LogP contribution in [-0.4, -0.2) is 53.0 Å². The topological polar surface area (TPSA) is 104 Å². The first kappa shape index (κ1) is 14.5. The van der Waals surface area contributed by atoms with E-state index in [4.69, 9.17) is 15.7 Å². The van der Waals surface area contributed by atoms with Crippen LogP contribution in [0.3, 0.4) is 0 Å². The number of oxime groups is 1. The van der Waals surface area contributed by atoms with Gasteiger partial charge in [-0.2, -0.15) is 0 Å². The number of pyridine rings is 1. The monoisotopic (exact) mass is 280 g/mol. The Kier molecular flexibility index (Phi) is 4.41. The van der Waals surface area contributed by atoms with Crippen LogP contribution in [-0.2, 0) is 4.74 Å².